The van der Waals surface area contributed by atoms with Crippen molar-refractivity contribution >= 4 is 23.6 Å². The number of urea groups is 1. The summed E-state index contributed by atoms with van der Waals surface area (Å²) in [5, 5.41) is 3.40. The molecule has 0 radical (unpaired) electrons. The molecule has 0 unspecified atom stereocenters. The van der Waals surface area contributed by atoms with Gasteiger partial charge in [0, 0.05) is 23.7 Å². The number of hydrogen-bond acceptors (Lipinski definition) is 4. The predicted octanol–water partition coefficient (Wildman–Crippen LogP) is 2.92. The molecule has 8 heteroatoms. The minimum Gasteiger partial charge on any atom is -0.467 e. The standard InChI is InChI=1S/C19H23ClN4O3/c1-11(2)15(18(25)27-3)23-19(26)24-8-7-14-16(22-10-21-14)17(24)12-5-4-6-13(20)9-12/h4-6,9-11,15,17H,7-8H2,1-3H3,(H,21,22)(H,23,26)/t15-,17+/m1/s1. The van der Waals surface area contributed by atoms with Gasteiger partial charge in [0.2, 0.25) is 0 Å². The first kappa shape index (κ1) is 19.2. The van der Waals surface area contributed by atoms with Crippen LogP contribution in [0.25, 0.3) is 0 Å². The molecule has 0 bridgehead atoms. The average molecular weight is 391 g/mol. The van der Waals surface area contributed by atoms with Crippen LogP contribution in [0.2, 0.25) is 5.02 Å². The number of methoxy groups -OCH3 is 1. The average Bonchev–Trinajstić information content (AvgIpc) is 3.12. The Kier molecular flexibility index (Phi) is 5.70. The third kappa shape index (κ3) is 3.93. The van der Waals surface area contributed by atoms with E-state index in [1.807, 2.05) is 32.0 Å². The fourth-order valence-electron chi connectivity index (χ4n) is 3.35. The van der Waals surface area contributed by atoms with E-state index < -0.39 is 12.0 Å². The number of hydrogen-bond donors (Lipinski definition) is 2. The fraction of sp³-hybridized carbons (Fsp3) is 0.421. The number of esters is 1. The van der Waals surface area contributed by atoms with Crippen LogP contribution in [0.5, 0.6) is 0 Å². The van der Waals surface area contributed by atoms with Gasteiger partial charge in [0.1, 0.15) is 12.1 Å². The lowest BCUT2D eigenvalue weighted by molar-refractivity contribution is -0.144. The van der Waals surface area contributed by atoms with Gasteiger partial charge in [-0.3, -0.25) is 0 Å². The van der Waals surface area contributed by atoms with Crippen molar-refractivity contribution in [2.24, 2.45) is 5.92 Å². The molecule has 2 amide bonds. The Hall–Kier alpha value is -2.54. The number of nitrogens with zero attached hydrogens (tertiary/aromatic N) is 2. The molecule has 2 atom stereocenters. The van der Waals surface area contributed by atoms with E-state index in [0.29, 0.717) is 18.0 Å². The van der Waals surface area contributed by atoms with E-state index in [4.69, 9.17) is 16.3 Å². The summed E-state index contributed by atoms with van der Waals surface area (Å²) in [6.07, 6.45) is 2.29. The maximum absolute atomic E-state index is 13.1. The molecule has 2 aromatic rings. The minimum absolute atomic E-state index is 0.100. The summed E-state index contributed by atoms with van der Waals surface area (Å²) in [7, 11) is 1.32. The normalized spacial score (nSPS) is 17.4. The highest BCUT2D eigenvalue weighted by atomic mass is 35.5. The van der Waals surface area contributed by atoms with Gasteiger partial charge in [0.15, 0.2) is 0 Å². The van der Waals surface area contributed by atoms with Crippen molar-refractivity contribution in [2.45, 2.75) is 32.4 Å². The van der Waals surface area contributed by atoms with Crippen LogP contribution in [0.1, 0.15) is 36.8 Å². The molecule has 2 heterocycles. The molecule has 7 nitrogen and oxygen atoms in total. The molecule has 3 rings (SSSR count). The largest absolute Gasteiger partial charge is 0.467 e. The maximum atomic E-state index is 13.1. The van der Waals surface area contributed by atoms with Crippen LogP contribution < -0.4 is 5.32 Å². The van der Waals surface area contributed by atoms with Gasteiger partial charge in [0.05, 0.1) is 19.1 Å². The van der Waals surface area contributed by atoms with Crippen LogP contribution in [-0.4, -0.2) is 46.6 Å². The molecule has 1 aromatic heterocycles. The SMILES string of the molecule is COC(=O)[C@H](NC(=O)N1CCc2[nH]cnc2[C@@H]1c1cccc(Cl)c1)C(C)C. The number of aromatic amines is 1. The second kappa shape index (κ2) is 8.00. The number of benzene rings is 1. The van der Waals surface area contributed by atoms with Gasteiger partial charge in [-0.15, -0.1) is 0 Å². The summed E-state index contributed by atoms with van der Waals surface area (Å²) >= 11 is 6.17. The number of nitrogens with one attached hydrogen (secondary N) is 2. The van der Waals surface area contributed by atoms with E-state index in [1.54, 1.807) is 17.3 Å². The molecular formula is C19H23ClN4O3. The number of fused-ring (bicyclic) bond motifs is 1. The summed E-state index contributed by atoms with van der Waals surface area (Å²) in [6, 6.07) is 5.94. The Morgan fingerprint density at radius 2 is 2.19 bits per heavy atom. The number of H-pyrrole nitrogens is 1. The Labute approximate surface area is 163 Å². The number of halogens is 1. The third-order valence-electron chi connectivity index (χ3n) is 4.75. The lowest BCUT2D eigenvalue weighted by Gasteiger charge is -2.36. The quantitative estimate of drug-likeness (QED) is 0.786. The predicted molar refractivity (Wildman–Crippen MR) is 101 cm³/mol. The number of ether oxygens (including phenoxy) is 1. The van der Waals surface area contributed by atoms with Crippen LogP contribution in [0.3, 0.4) is 0 Å². The van der Waals surface area contributed by atoms with Gasteiger partial charge < -0.3 is 19.9 Å². The highest BCUT2D eigenvalue weighted by molar-refractivity contribution is 6.30. The Bertz CT molecular complexity index is 836. The summed E-state index contributed by atoms with van der Waals surface area (Å²) < 4.78 is 4.83. The topological polar surface area (TPSA) is 87.3 Å². The molecule has 1 aliphatic heterocycles. The van der Waals surface area contributed by atoms with Gasteiger partial charge in [-0.2, -0.15) is 0 Å². The molecule has 0 saturated carbocycles. The van der Waals surface area contributed by atoms with E-state index >= 15 is 0 Å². The molecule has 1 aromatic carbocycles. The molecule has 0 aliphatic carbocycles. The van der Waals surface area contributed by atoms with Crippen molar-refractivity contribution in [1.29, 1.82) is 0 Å². The summed E-state index contributed by atoms with van der Waals surface area (Å²) in [6.45, 7) is 4.21. The number of aromatic nitrogens is 2. The van der Waals surface area contributed by atoms with E-state index in [0.717, 1.165) is 17.0 Å². The molecule has 0 fully saturated rings. The van der Waals surface area contributed by atoms with Crippen molar-refractivity contribution in [3.05, 3.63) is 52.6 Å². The van der Waals surface area contributed by atoms with E-state index in [9.17, 15) is 9.59 Å². The van der Waals surface area contributed by atoms with Crippen molar-refractivity contribution in [3.63, 3.8) is 0 Å². The fourth-order valence-corrected chi connectivity index (χ4v) is 3.55. The van der Waals surface area contributed by atoms with Crippen molar-refractivity contribution < 1.29 is 14.3 Å². The van der Waals surface area contributed by atoms with E-state index in [-0.39, 0.29) is 18.0 Å². The van der Waals surface area contributed by atoms with Crippen LogP contribution in [0, 0.1) is 5.92 Å². The lowest BCUT2D eigenvalue weighted by atomic mass is 9.96. The second-order valence-corrected chi connectivity index (χ2v) is 7.30. The number of amides is 2. The maximum Gasteiger partial charge on any atom is 0.328 e. The first-order chi connectivity index (χ1) is 12.9. The van der Waals surface area contributed by atoms with Gasteiger partial charge in [-0.1, -0.05) is 37.6 Å². The summed E-state index contributed by atoms with van der Waals surface area (Å²) in [5.41, 5.74) is 2.65. The van der Waals surface area contributed by atoms with Crippen LogP contribution >= 0.6 is 11.6 Å². The zero-order valence-electron chi connectivity index (χ0n) is 15.5. The molecule has 27 heavy (non-hydrogen) atoms. The Morgan fingerprint density at radius 1 is 1.41 bits per heavy atom. The molecular weight excluding hydrogens is 368 g/mol. The van der Waals surface area contributed by atoms with Gasteiger partial charge in [-0.05, 0) is 23.6 Å². The monoisotopic (exact) mass is 390 g/mol. The zero-order valence-corrected chi connectivity index (χ0v) is 16.3. The van der Waals surface area contributed by atoms with Crippen molar-refractivity contribution in [3.8, 4) is 0 Å². The van der Waals surface area contributed by atoms with Gasteiger partial charge in [0.25, 0.3) is 0 Å². The zero-order chi connectivity index (χ0) is 19.6. The first-order valence-corrected chi connectivity index (χ1v) is 9.22. The highest BCUT2D eigenvalue weighted by Crippen LogP contribution is 2.34. The number of carbonyl (C=O) groups is 2. The molecule has 0 spiro atoms. The second-order valence-electron chi connectivity index (χ2n) is 6.86. The molecule has 2 N–H and O–H groups in total. The molecule has 144 valence electrons. The molecule has 0 saturated heterocycles. The van der Waals surface area contributed by atoms with Crippen LogP contribution in [-0.2, 0) is 16.0 Å². The summed E-state index contributed by atoms with van der Waals surface area (Å²) in [4.78, 5) is 34.4. The van der Waals surface area contributed by atoms with Gasteiger partial charge >= 0.3 is 12.0 Å². The summed E-state index contributed by atoms with van der Waals surface area (Å²) in [5.74, 6) is -0.563. The number of rotatable bonds is 4. The Balaban J connectivity index is 1.93. The number of imidazole rings is 1. The lowest BCUT2D eigenvalue weighted by Crippen LogP contribution is -2.53. The van der Waals surface area contributed by atoms with E-state index in [2.05, 4.69) is 15.3 Å². The van der Waals surface area contributed by atoms with Crippen LogP contribution in [0.4, 0.5) is 4.79 Å². The smallest absolute Gasteiger partial charge is 0.328 e. The minimum atomic E-state index is -0.719. The van der Waals surface area contributed by atoms with Gasteiger partial charge in [-0.25, -0.2) is 14.6 Å². The first-order valence-electron chi connectivity index (χ1n) is 8.85. The molecule has 1 aliphatic rings. The van der Waals surface area contributed by atoms with Crippen molar-refractivity contribution in [2.75, 3.05) is 13.7 Å². The number of carbonyl (C=O) groups excluding carboxylic acids is 2. The van der Waals surface area contributed by atoms with Crippen molar-refractivity contribution in [1.82, 2.24) is 20.2 Å². The highest BCUT2D eigenvalue weighted by Gasteiger charge is 2.36. The van der Waals surface area contributed by atoms with E-state index in [1.165, 1.54) is 7.11 Å². The van der Waals surface area contributed by atoms with Crippen LogP contribution in [0.15, 0.2) is 30.6 Å². The third-order valence-corrected chi connectivity index (χ3v) is 4.99. The Morgan fingerprint density at radius 3 is 2.85 bits per heavy atom.